The van der Waals surface area contributed by atoms with Gasteiger partial charge in [0.05, 0.1) is 0 Å². The maximum absolute atomic E-state index is 4.27. The lowest BCUT2D eigenvalue weighted by Crippen LogP contribution is -1.84. The molecule has 0 aliphatic carbocycles. The topological polar surface area (TPSA) is 12.4 Å². The average Bonchev–Trinajstić information content (AvgIpc) is 1.87. The van der Waals surface area contributed by atoms with Gasteiger partial charge in [0, 0.05) is 11.4 Å². The van der Waals surface area contributed by atoms with Crippen molar-refractivity contribution < 1.29 is 0 Å². The molecule has 0 N–H and O–H groups in total. The molecule has 0 aliphatic heterocycles. The van der Waals surface area contributed by atoms with Gasteiger partial charge < -0.3 is 0 Å². The van der Waals surface area contributed by atoms with Gasteiger partial charge >= 0.3 is 0 Å². The first-order chi connectivity index (χ1) is 4.57. The fraction of sp³-hybridized carbons (Fsp3) is 0.444. The molecule has 0 bridgehead atoms. The van der Waals surface area contributed by atoms with E-state index in [-0.39, 0.29) is 0 Å². The molecule has 1 nitrogen and oxygen atoms in total. The molecule has 0 aromatic rings. The van der Waals surface area contributed by atoms with Crippen LogP contribution in [0.3, 0.4) is 0 Å². The van der Waals surface area contributed by atoms with Crippen molar-refractivity contribution in [3.05, 3.63) is 23.9 Å². The van der Waals surface area contributed by atoms with E-state index in [1.807, 2.05) is 13.8 Å². The highest BCUT2D eigenvalue weighted by molar-refractivity contribution is 5.92. The van der Waals surface area contributed by atoms with Crippen LogP contribution in [0.4, 0.5) is 0 Å². The van der Waals surface area contributed by atoms with E-state index < -0.39 is 0 Å². The minimum Gasteiger partial charge on any atom is -0.259 e. The van der Waals surface area contributed by atoms with Gasteiger partial charge in [0.15, 0.2) is 0 Å². The van der Waals surface area contributed by atoms with E-state index in [4.69, 9.17) is 0 Å². The van der Waals surface area contributed by atoms with E-state index in [1.54, 1.807) is 6.08 Å². The quantitative estimate of drug-likeness (QED) is 0.519. The second-order valence-electron chi connectivity index (χ2n) is 2.54. The van der Waals surface area contributed by atoms with Crippen molar-refractivity contribution in [1.82, 2.24) is 0 Å². The Morgan fingerprint density at radius 2 is 1.70 bits per heavy atom. The highest BCUT2D eigenvalue weighted by Crippen LogP contribution is 2.03. The maximum Gasteiger partial charge on any atom is 0.0369 e. The molecule has 0 saturated carbocycles. The van der Waals surface area contributed by atoms with Crippen molar-refractivity contribution >= 4 is 5.71 Å². The van der Waals surface area contributed by atoms with Crippen molar-refractivity contribution in [2.75, 3.05) is 0 Å². The van der Waals surface area contributed by atoms with Gasteiger partial charge in [0.25, 0.3) is 0 Å². The van der Waals surface area contributed by atoms with Crippen LogP contribution in [-0.2, 0) is 0 Å². The van der Waals surface area contributed by atoms with Crippen molar-refractivity contribution in [2.24, 2.45) is 4.99 Å². The first-order valence-electron chi connectivity index (χ1n) is 3.39. The van der Waals surface area contributed by atoms with Gasteiger partial charge in [0.2, 0.25) is 0 Å². The summed E-state index contributed by atoms with van der Waals surface area (Å²) in [5.41, 5.74) is 3.30. The van der Waals surface area contributed by atoms with Crippen LogP contribution in [-0.4, -0.2) is 5.71 Å². The lowest BCUT2D eigenvalue weighted by molar-refractivity contribution is 1.19. The largest absolute Gasteiger partial charge is 0.259 e. The Labute approximate surface area is 63.2 Å². The fourth-order valence-corrected chi connectivity index (χ4v) is 0.422. The predicted octanol–water partition coefficient (Wildman–Crippen LogP) is 2.95. The predicted molar refractivity (Wildman–Crippen MR) is 47.4 cm³/mol. The monoisotopic (exact) mass is 137 g/mol. The molecule has 0 aliphatic rings. The molecule has 0 aromatic heterocycles. The SMILES string of the molecule is C=C/C(C)=N/C(C)=C(C)C. The molecular formula is C9H15N. The van der Waals surface area contributed by atoms with Gasteiger partial charge in [-0.1, -0.05) is 12.2 Å². The molecule has 56 valence electrons. The molecule has 10 heavy (non-hydrogen) atoms. The van der Waals surface area contributed by atoms with Crippen LogP contribution in [0.1, 0.15) is 27.7 Å². The summed E-state index contributed by atoms with van der Waals surface area (Å²) in [6.07, 6.45) is 1.76. The van der Waals surface area contributed by atoms with E-state index in [1.165, 1.54) is 5.57 Å². The van der Waals surface area contributed by atoms with Crippen molar-refractivity contribution in [2.45, 2.75) is 27.7 Å². The Morgan fingerprint density at radius 3 is 2.00 bits per heavy atom. The normalized spacial score (nSPS) is 11.0. The van der Waals surface area contributed by atoms with Gasteiger partial charge in [-0.05, 0) is 33.8 Å². The van der Waals surface area contributed by atoms with Crippen molar-refractivity contribution in [3.63, 3.8) is 0 Å². The number of hydrogen-bond donors (Lipinski definition) is 0. The Morgan fingerprint density at radius 1 is 1.20 bits per heavy atom. The molecule has 0 radical (unpaired) electrons. The van der Waals surface area contributed by atoms with E-state index in [2.05, 4.69) is 25.4 Å². The van der Waals surface area contributed by atoms with Gasteiger partial charge in [0.1, 0.15) is 0 Å². The summed E-state index contributed by atoms with van der Waals surface area (Å²) in [7, 11) is 0. The van der Waals surface area contributed by atoms with Gasteiger partial charge in [-0.2, -0.15) is 0 Å². The Hall–Kier alpha value is -0.850. The molecule has 0 unspecified atom stereocenters. The molecule has 1 heteroatoms. The zero-order chi connectivity index (χ0) is 8.15. The molecule has 0 amide bonds. The Kier molecular flexibility index (Phi) is 3.70. The standard InChI is InChI=1S/C9H15N/c1-6-8(4)10-9(5)7(2)3/h6H,1H2,2-5H3/b10-8+. The summed E-state index contributed by atoms with van der Waals surface area (Å²) in [5, 5.41) is 0. The van der Waals surface area contributed by atoms with Crippen LogP contribution in [0.5, 0.6) is 0 Å². The molecule has 0 atom stereocenters. The van der Waals surface area contributed by atoms with Crippen LogP contribution in [0.15, 0.2) is 28.9 Å². The number of allylic oxidation sites excluding steroid dienone is 3. The molecule has 0 heterocycles. The second kappa shape index (κ2) is 4.04. The zero-order valence-corrected chi connectivity index (χ0v) is 7.23. The Bertz CT molecular complexity index is 181. The summed E-state index contributed by atoms with van der Waals surface area (Å²) >= 11 is 0. The highest BCUT2D eigenvalue weighted by atomic mass is 14.7. The maximum atomic E-state index is 4.27. The third-order valence-corrected chi connectivity index (χ3v) is 1.36. The third kappa shape index (κ3) is 3.23. The molecule has 0 aromatic carbocycles. The van der Waals surface area contributed by atoms with E-state index in [9.17, 15) is 0 Å². The summed E-state index contributed by atoms with van der Waals surface area (Å²) in [5.74, 6) is 0. The smallest absolute Gasteiger partial charge is 0.0369 e. The van der Waals surface area contributed by atoms with Crippen molar-refractivity contribution in [1.29, 1.82) is 0 Å². The Balaban J connectivity index is 4.42. The minimum absolute atomic E-state index is 0.971. The van der Waals surface area contributed by atoms with Crippen LogP contribution in [0.25, 0.3) is 0 Å². The van der Waals surface area contributed by atoms with E-state index in [0.29, 0.717) is 0 Å². The van der Waals surface area contributed by atoms with Gasteiger partial charge in [-0.25, -0.2) is 0 Å². The fourth-order valence-electron chi connectivity index (χ4n) is 0.422. The van der Waals surface area contributed by atoms with Crippen molar-refractivity contribution in [3.8, 4) is 0 Å². The highest BCUT2D eigenvalue weighted by Gasteiger charge is 1.87. The summed E-state index contributed by atoms with van der Waals surface area (Å²) < 4.78 is 0. The molecule has 0 spiro atoms. The van der Waals surface area contributed by atoms with Crippen LogP contribution >= 0.6 is 0 Å². The molecule has 0 saturated heterocycles. The number of hydrogen-bond acceptors (Lipinski definition) is 1. The number of aliphatic imine (C=N–C) groups is 1. The number of rotatable bonds is 2. The first kappa shape index (κ1) is 9.15. The average molecular weight is 137 g/mol. The van der Waals surface area contributed by atoms with Gasteiger partial charge in [-0.15, -0.1) is 0 Å². The zero-order valence-electron chi connectivity index (χ0n) is 7.23. The lowest BCUT2D eigenvalue weighted by atomic mass is 10.3. The van der Waals surface area contributed by atoms with Crippen LogP contribution < -0.4 is 0 Å². The summed E-state index contributed by atoms with van der Waals surface area (Å²) in [6, 6.07) is 0. The van der Waals surface area contributed by atoms with E-state index >= 15 is 0 Å². The molecule has 0 rings (SSSR count). The van der Waals surface area contributed by atoms with Gasteiger partial charge in [-0.3, -0.25) is 4.99 Å². The van der Waals surface area contributed by atoms with Crippen LogP contribution in [0.2, 0.25) is 0 Å². The first-order valence-corrected chi connectivity index (χ1v) is 3.39. The van der Waals surface area contributed by atoms with E-state index in [0.717, 1.165) is 11.4 Å². The molecule has 0 fully saturated rings. The summed E-state index contributed by atoms with van der Waals surface area (Å²) in [4.78, 5) is 4.27. The lowest BCUT2D eigenvalue weighted by Gasteiger charge is -1.96. The minimum atomic E-state index is 0.971. The number of nitrogens with zero attached hydrogens (tertiary/aromatic N) is 1. The van der Waals surface area contributed by atoms with Crippen LogP contribution in [0, 0.1) is 0 Å². The summed E-state index contributed by atoms with van der Waals surface area (Å²) in [6.45, 7) is 11.7. The third-order valence-electron chi connectivity index (χ3n) is 1.36. The second-order valence-corrected chi connectivity index (χ2v) is 2.54. The molecular weight excluding hydrogens is 122 g/mol.